The number of hydrogen-bond acceptors (Lipinski definition) is 5. The number of nitrogens with one attached hydrogen (secondary N) is 2. The fourth-order valence-corrected chi connectivity index (χ4v) is 1.67. The molecular weight excluding hydrogens is 336 g/mol. The van der Waals surface area contributed by atoms with Crippen LogP contribution in [0.5, 0.6) is 0 Å². The first-order valence-electron chi connectivity index (χ1n) is 6.97. The highest BCUT2D eigenvalue weighted by molar-refractivity contribution is 5.87. The molecule has 1 aromatic rings. The quantitative estimate of drug-likeness (QED) is 0.404. The van der Waals surface area contributed by atoms with E-state index in [1.54, 1.807) is 24.3 Å². The second kappa shape index (κ2) is 10.3. The monoisotopic (exact) mass is 356 g/mol. The van der Waals surface area contributed by atoms with Crippen LogP contribution in [0.3, 0.4) is 0 Å². The van der Waals surface area contributed by atoms with Crippen LogP contribution in [-0.2, 0) is 20.8 Å². The third kappa shape index (κ3) is 7.70. The highest BCUT2D eigenvalue weighted by Crippen LogP contribution is 2.05. The summed E-state index contributed by atoms with van der Waals surface area (Å²) >= 11 is 0. The van der Waals surface area contributed by atoms with E-state index in [1.165, 1.54) is 20.1 Å². The minimum absolute atomic E-state index is 0. The van der Waals surface area contributed by atoms with Crippen molar-refractivity contribution in [2.45, 2.75) is 32.4 Å². The molecule has 1 rings (SSSR count). The van der Waals surface area contributed by atoms with Crippen molar-refractivity contribution in [2.75, 3.05) is 0 Å². The van der Waals surface area contributed by atoms with Gasteiger partial charge >= 0.3 is 5.97 Å². The fraction of sp³-hybridized carbons (Fsp3) is 0.333. The zero-order chi connectivity index (χ0) is 17.4. The summed E-state index contributed by atoms with van der Waals surface area (Å²) in [5.74, 6) is -1.89. The first-order valence-corrected chi connectivity index (χ1v) is 6.97. The fourth-order valence-electron chi connectivity index (χ4n) is 1.67. The van der Waals surface area contributed by atoms with Crippen molar-refractivity contribution in [1.29, 1.82) is 0 Å². The summed E-state index contributed by atoms with van der Waals surface area (Å²) in [5, 5.41) is 14.8. The molecule has 0 heterocycles. The molecular formula is C15H21ClN4O4. The normalized spacial score (nSPS) is 12.8. The van der Waals surface area contributed by atoms with Crippen molar-refractivity contribution in [3.63, 3.8) is 0 Å². The molecule has 0 saturated heterocycles. The average molecular weight is 357 g/mol. The highest BCUT2D eigenvalue weighted by Gasteiger charge is 2.19. The van der Waals surface area contributed by atoms with Crippen LogP contribution in [0.2, 0.25) is 0 Å². The Morgan fingerprint density at radius 1 is 1.29 bits per heavy atom. The summed E-state index contributed by atoms with van der Waals surface area (Å²) in [5.41, 5.74) is 9.67. The summed E-state index contributed by atoms with van der Waals surface area (Å²) in [4.78, 5) is 33.1. The van der Waals surface area contributed by atoms with Gasteiger partial charge in [0, 0.05) is 6.92 Å². The molecule has 8 nitrogen and oxygen atoms in total. The molecule has 2 unspecified atom stereocenters. The van der Waals surface area contributed by atoms with E-state index < -0.39 is 24.0 Å². The van der Waals surface area contributed by atoms with E-state index in [1.807, 2.05) is 0 Å². The van der Waals surface area contributed by atoms with E-state index in [0.29, 0.717) is 0 Å². The van der Waals surface area contributed by atoms with Gasteiger partial charge in [-0.3, -0.25) is 14.4 Å². The second-order valence-corrected chi connectivity index (χ2v) is 5.05. The number of nitrogens with zero attached hydrogens (tertiary/aromatic N) is 1. The van der Waals surface area contributed by atoms with Crippen LogP contribution in [0.1, 0.15) is 25.0 Å². The molecule has 0 spiro atoms. The average Bonchev–Trinajstić information content (AvgIpc) is 2.48. The van der Waals surface area contributed by atoms with E-state index in [0.717, 1.165) is 11.1 Å². The number of carbonyl (C=O) groups is 3. The number of hydrogen-bond donors (Lipinski definition) is 4. The number of carbonyl (C=O) groups excluding carboxylic acids is 2. The number of carboxylic acids is 1. The van der Waals surface area contributed by atoms with Crippen LogP contribution in [0, 0.1) is 0 Å². The number of amides is 2. The lowest BCUT2D eigenvalue weighted by molar-refractivity contribution is -0.141. The van der Waals surface area contributed by atoms with Crippen molar-refractivity contribution in [2.24, 2.45) is 10.8 Å². The molecule has 0 aliphatic rings. The number of hydrazone groups is 1. The molecule has 0 saturated carbocycles. The Labute approximate surface area is 145 Å². The third-order valence-corrected chi connectivity index (χ3v) is 2.94. The van der Waals surface area contributed by atoms with E-state index >= 15 is 0 Å². The van der Waals surface area contributed by atoms with Crippen molar-refractivity contribution in [1.82, 2.24) is 10.7 Å². The largest absolute Gasteiger partial charge is 0.480 e. The molecule has 132 valence electrons. The van der Waals surface area contributed by atoms with Crippen molar-refractivity contribution >= 4 is 36.4 Å². The molecule has 0 fully saturated rings. The van der Waals surface area contributed by atoms with Gasteiger partial charge in [0.25, 0.3) is 0 Å². The molecule has 2 atom stereocenters. The Bertz CT molecular complexity index is 604. The van der Waals surface area contributed by atoms with Crippen molar-refractivity contribution in [3.05, 3.63) is 35.4 Å². The topological polar surface area (TPSA) is 134 Å². The van der Waals surface area contributed by atoms with Crippen LogP contribution < -0.4 is 16.5 Å². The standard InChI is InChI=1S/C15H20N4O4.ClH/c1-9(15(22)23)18-14(21)13(16)7-11-3-5-12(6-4-11)8-17-19-10(2)20;/h3-6,8-9,13H,7,16H2,1-2H3,(H,18,21)(H,19,20)(H,22,23);1H/b17-8+;. The molecule has 0 aromatic heterocycles. The summed E-state index contributed by atoms with van der Waals surface area (Å²) in [6.45, 7) is 2.73. The van der Waals surface area contributed by atoms with Crippen molar-refractivity contribution < 1.29 is 19.5 Å². The van der Waals surface area contributed by atoms with Gasteiger partial charge in [-0.15, -0.1) is 12.4 Å². The van der Waals surface area contributed by atoms with Crippen molar-refractivity contribution in [3.8, 4) is 0 Å². The minimum Gasteiger partial charge on any atom is -0.480 e. The molecule has 5 N–H and O–H groups in total. The maximum Gasteiger partial charge on any atom is 0.325 e. The lowest BCUT2D eigenvalue weighted by Crippen LogP contribution is -2.48. The number of aliphatic carboxylic acids is 1. The number of carboxylic acid groups (broad SMARTS) is 1. The van der Waals surface area contributed by atoms with Crippen LogP contribution >= 0.6 is 12.4 Å². The molecule has 24 heavy (non-hydrogen) atoms. The summed E-state index contributed by atoms with van der Waals surface area (Å²) in [6, 6.07) is 5.28. The van der Waals surface area contributed by atoms with E-state index in [9.17, 15) is 14.4 Å². The zero-order valence-electron chi connectivity index (χ0n) is 13.4. The summed E-state index contributed by atoms with van der Waals surface area (Å²) < 4.78 is 0. The molecule has 1 aromatic carbocycles. The van der Waals surface area contributed by atoms with Gasteiger partial charge in [0.2, 0.25) is 11.8 Å². The zero-order valence-corrected chi connectivity index (χ0v) is 14.2. The Morgan fingerprint density at radius 2 is 1.88 bits per heavy atom. The SMILES string of the molecule is CC(=O)N/N=C/c1ccc(CC(N)C(=O)NC(C)C(=O)O)cc1.Cl. The molecule has 0 aliphatic heterocycles. The predicted octanol–water partition coefficient (Wildman–Crippen LogP) is 0.0375. The van der Waals surface area contributed by atoms with Gasteiger partial charge in [-0.2, -0.15) is 5.10 Å². The molecule has 0 aliphatic carbocycles. The van der Waals surface area contributed by atoms with Gasteiger partial charge in [0.15, 0.2) is 0 Å². The number of benzene rings is 1. The first-order chi connectivity index (χ1) is 10.8. The van der Waals surface area contributed by atoms with E-state index in [-0.39, 0.29) is 24.7 Å². The Morgan fingerprint density at radius 3 is 2.38 bits per heavy atom. The number of nitrogens with two attached hydrogens (primary N) is 1. The molecule has 0 radical (unpaired) electrons. The Hall–Kier alpha value is -2.45. The van der Waals surface area contributed by atoms with Gasteiger partial charge in [0.1, 0.15) is 6.04 Å². The minimum atomic E-state index is -1.12. The van der Waals surface area contributed by atoms with Gasteiger partial charge in [-0.1, -0.05) is 24.3 Å². The first kappa shape index (κ1) is 21.6. The summed E-state index contributed by atoms with van der Waals surface area (Å²) in [6.07, 6.45) is 1.77. The van der Waals surface area contributed by atoms with E-state index in [4.69, 9.17) is 10.8 Å². The Kier molecular flexibility index (Phi) is 9.29. The molecule has 0 bridgehead atoms. The predicted molar refractivity (Wildman–Crippen MR) is 92.0 cm³/mol. The smallest absolute Gasteiger partial charge is 0.325 e. The van der Waals surface area contributed by atoms with Crippen LogP contribution in [0.15, 0.2) is 29.4 Å². The number of rotatable bonds is 7. The van der Waals surface area contributed by atoms with Crippen LogP contribution in [0.25, 0.3) is 0 Å². The third-order valence-electron chi connectivity index (χ3n) is 2.94. The lowest BCUT2D eigenvalue weighted by Gasteiger charge is -2.14. The van der Waals surface area contributed by atoms with Gasteiger partial charge < -0.3 is 16.2 Å². The van der Waals surface area contributed by atoms with Gasteiger partial charge in [-0.05, 0) is 24.5 Å². The molecule has 9 heteroatoms. The highest BCUT2D eigenvalue weighted by atomic mass is 35.5. The summed E-state index contributed by atoms with van der Waals surface area (Å²) in [7, 11) is 0. The van der Waals surface area contributed by atoms with Crippen LogP contribution in [-0.4, -0.2) is 41.2 Å². The maximum atomic E-state index is 11.8. The second-order valence-electron chi connectivity index (χ2n) is 5.05. The molecule has 2 amide bonds. The van der Waals surface area contributed by atoms with E-state index in [2.05, 4.69) is 15.8 Å². The Balaban J connectivity index is 0.00000529. The van der Waals surface area contributed by atoms with Gasteiger partial charge in [0.05, 0.1) is 12.3 Å². The lowest BCUT2D eigenvalue weighted by atomic mass is 10.0. The number of halogens is 1. The van der Waals surface area contributed by atoms with Crippen LogP contribution in [0.4, 0.5) is 0 Å². The maximum absolute atomic E-state index is 11.8. The van der Waals surface area contributed by atoms with Gasteiger partial charge in [-0.25, -0.2) is 5.43 Å².